The minimum atomic E-state index is -0.630. The Kier molecular flexibility index (Phi) is 4.24. The molecule has 106 valence electrons. The second-order valence-corrected chi connectivity index (χ2v) is 4.69. The molecule has 1 aromatic carbocycles. The van der Waals surface area contributed by atoms with Gasteiger partial charge >= 0.3 is 5.97 Å². The number of anilines is 1. The fourth-order valence-electron chi connectivity index (χ4n) is 1.84. The second kappa shape index (κ2) is 5.92. The van der Waals surface area contributed by atoms with Crippen LogP contribution >= 0.6 is 11.6 Å². The number of hydrogen-bond acceptors (Lipinski definition) is 6. The van der Waals surface area contributed by atoms with Crippen molar-refractivity contribution in [2.24, 2.45) is 5.10 Å². The quantitative estimate of drug-likeness (QED) is 0.497. The van der Waals surface area contributed by atoms with Crippen LogP contribution in [-0.2, 0) is 9.53 Å². The van der Waals surface area contributed by atoms with Crippen molar-refractivity contribution in [1.29, 1.82) is 0 Å². The van der Waals surface area contributed by atoms with Crippen molar-refractivity contribution < 1.29 is 14.3 Å². The smallest absolute Gasteiger partial charge is 0.330 e. The number of nitrogen functional groups attached to an aromatic ring is 1. The van der Waals surface area contributed by atoms with Gasteiger partial charge in [-0.2, -0.15) is 5.10 Å². The Labute approximate surface area is 120 Å². The van der Waals surface area contributed by atoms with Gasteiger partial charge in [-0.25, -0.2) is 4.79 Å². The van der Waals surface area contributed by atoms with Gasteiger partial charge in [-0.3, -0.25) is 10.2 Å². The number of nitrogens with zero attached hydrogens (tertiary/aromatic N) is 1. The third-order valence-corrected chi connectivity index (χ3v) is 3.08. The summed E-state index contributed by atoms with van der Waals surface area (Å²) in [6, 6.07) is 4.01. The SMILES string of the molecule is CCOC(=O)C1CC(C(=O)c2cc(Cl)ccc2N)=NN1. The van der Waals surface area contributed by atoms with E-state index in [9.17, 15) is 9.59 Å². The molecule has 0 amide bonds. The number of ether oxygens (including phenoxy) is 1. The average Bonchev–Trinajstić information content (AvgIpc) is 2.91. The van der Waals surface area contributed by atoms with Crippen LogP contribution in [0.1, 0.15) is 23.7 Å². The van der Waals surface area contributed by atoms with Crippen LogP contribution in [0.2, 0.25) is 5.02 Å². The van der Waals surface area contributed by atoms with E-state index >= 15 is 0 Å². The molecular weight excluding hydrogens is 282 g/mol. The predicted molar refractivity (Wildman–Crippen MR) is 75.8 cm³/mol. The lowest BCUT2D eigenvalue weighted by Crippen LogP contribution is -2.32. The molecule has 0 fully saturated rings. The van der Waals surface area contributed by atoms with Gasteiger partial charge in [-0.1, -0.05) is 11.6 Å². The summed E-state index contributed by atoms with van der Waals surface area (Å²) >= 11 is 5.85. The molecule has 0 saturated heterocycles. The molecule has 1 unspecified atom stereocenters. The van der Waals surface area contributed by atoms with E-state index in [1.165, 1.54) is 6.07 Å². The summed E-state index contributed by atoms with van der Waals surface area (Å²) in [4.78, 5) is 23.8. The summed E-state index contributed by atoms with van der Waals surface area (Å²) < 4.78 is 4.87. The number of halogens is 1. The average molecular weight is 296 g/mol. The van der Waals surface area contributed by atoms with Gasteiger partial charge in [0.15, 0.2) is 0 Å². The van der Waals surface area contributed by atoms with Crippen molar-refractivity contribution in [2.75, 3.05) is 12.3 Å². The largest absolute Gasteiger partial charge is 0.464 e. The topological polar surface area (TPSA) is 93.8 Å². The van der Waals surface area contributed by atoms with E-state index in [-0.39, 0.29) is 30.1 Å². The molecular formula is C13H14ClN3O3. The van der Waals surface area contributed by atoms with Crippen molar-refractivity contribution in [1.82, 2.24) is 5.43 Å². The maximum Gasteiger partial charge on any atom is 0.330 e. The number of rotatable bonds is 4. The van der Waals surface area contributed by atoms with Crippen molar-refractivity contribution in [3.63, 3.8) is 0 Å². The second-order valence-electron chi connectivity index (χ2n) is 4.26. The van der Waals surface area contributed by atoms with Crippen molar-refractivity contribution in [3.8, 4) is 0 Å². The van der Waals surface area contributed by atoms with Gasteiger partial charge in [0, 0.05) is 22.7 Å². The van der Waals surface area contributed by atoms with Crippen LogP contribution in [0.5, 0.6) is 0 Å². The molecule has 1 heterocycles. The maximum absolute atomic E-state index is 12.3. The number of carbonyl (C=O) groups is 2. The minimum absolute atomic E-state index is 0.170. The normalized spacial score (nSPS) is 17.3. The number of nitrogens with one attached hydrogen (secondary N) is 1. The Balaban J connectivity index is 2.12. The number of carbonyl (C=O) groups excluding carboxylic acids is 2. The maximum atomic E-state index is 12.3. The van der Waals surface area contributed by atoms with Crippen LogP contribution in [0, 0.1) is 0 Å². The Hall–Kier alpha value is -2.08. The van der Waals surface area contributed by atoms with E-state index in [1.807, 2.05) is 0 Å². The molecule has 1 aliphatic rings. The number of ketones is 1. The van der Waals surface area contributed by atoms with Crippen LogP contribution in [0.4, 0.5) is 5.69 Å². The zero-order valence-corrected chi connectivity index (χ0v) is 11.6. The predicted octanol–water partition coefficient (Wildman–Crippen LogP) is 1.39. The summed E-state index contributed by atoms with van der Waals surface area (Å²) in [5.41, 5.74) is 9.18. The van der Waals surface area contributed by atoms with Crippen molar-refractivity contribution >= 4 is 34.8 Å². The standard InChI is InChI=1S/C13H14ClN3O3/c1-2-20-13(19)11-6-10(16-17-11)12(18)8-5-7(14)3-4-9(8)15/h3-5,11,17H,2,6,15H2,1H3. The first-order valence-corrected chi connectivity index (χ1v) is 6.49. The highest BCUT2D eigenvalue weighted by molar-refractivity contribution is 6.48. The Bertz CT molecular complexity index is 586. The highest BCUT2D eigenvalue weighted by Crippen LogP contribution is 2.20. The summed E-state index contributed by atoms with van der Waals surface area (Å²) in [7, 11) is 0. The van der Waals surface area contributed by atoms with E-state index in [0.717, 1.165) is 0 Å². The molecule has 0 spiro atoms. The number of Topliss-reactive ketones (excluding diaryl/α,β-unsaturated/α-hetero) is 1. The molecule has 3 N–H and O–H groups in total. The molecule has 7 heteroatoms. The van der Waals surface area contributed by atoms with Gasteiger partial charge in [0.05, 0.1) is 6.61 Å². The van der Waals surface area contributed by atoms with Gasteiger partial charge in [-0.15, -0.1) is 0 Å². The van der Waals surface area contributed by atoms with Crippen LogP contribution in [0.25, 0.3) is 0 Å². The number of esters is 1. The Morgan fingerprint density at radius 1 is 1.55 bits per heavy atom. The van der Waals surface area contributed by atoms with Crippen LogP contribution < -0.4 is 11.2 Å². The third-order valence-electron chi connectivity index (χ3n) is 2.85. The van der Waals surface area contributed by atoms with Gasteiger partial charge in [0.2, 0.25) is 5.78 Å². The molecule has 0 saturated carbocycles. The fourth-order valence-corrected chi connectivity index (χ4v) is 2.02. The molecule has 20 heavy (non-hydrogen) atoms. The van der Waals surface area contributed by atoms with Gasteiger partial charge in [0.25, 0.3) is 0 Å². The first kappa shape index (κ1) is 14.3. The summed E-state index contributed by atoms with van der Waals surface area (Å²) in [6.45, 7) is 1.99. The van der Waals surface area contributed by atoms with Crippen molar-refractivity contribution in [3.05, 3.63) is 28.8 Å². The van der Waals surface area contributed by atoms with Crippen molar-refractivity contribution in [2.45, 2.75) is 19.4 Å². The molecule has 0 bridgehead atoms. The number of hydrazone groups is 1. The third kappa shape index (κ3) is 2.91. The van der Waals surface area contributed by atoms with E-state index in [1.54, 1.807) is 19.1 Å². The summed E-state index contributed by atoms with van der Waals surface area (Å²) in [5, 5.41) is 4.30. The number of benzene rings is 1. The molecule has 1 aliphatic heterocycles. The van der Waals surface area contributed by atoms with Crippen LogP contribution in [0.15, 0.2) is 23.3 Å². The van der Waals surface area contributed by atoms with Crippen LogP contribution in [0.3, 0.4) is 0 Å². The first-order valence-electron chi connectivity index (χ1n) is 6.11. The van der Waals surface area contributed by atoms with E-state index < -0.39 is 12.0 Å². The zero-order chi connectivity index (χ0) is 14.7. The Morgan fingerprint density at radius 2 is 2.30 bits per heavy atom. The molecule has 0 aromatic heterocycles. The molecule has 0 radical (unpaired) electrons. The van der Waals surface area contributed by atoms with Gasteiger partial charge in [0.1, 0.15) is 11.8 Å². The summed E-state index contributed by atoms with van der Waals surface area (Å²) in [6.07, 6.45) is 0.170. The monoisotopic (exact) mass is 295 g/mol. The minimum Gasteiger partial charge on any atom is -0.464 e. The molecule has 1 atom stereocenters. The molecule has 2 rings (SSSR count). The van der Waals surface area contributed by atoms with E-state index in [2.05, 4.69) is 10.5 Å². The lowest BCUT2D eigenvalue weighted by molar-refractivity contribution is -0.145. The highest BCUT2D eigenvalue weighted by Gasteiger charge is 2.31. The lowest BCUT2D eigenvalue weighted by atomic mass is 10.0. The molecule has 6 nitrogen and oxygen atoms in total. The van der Waals surface area contributed by atoms with E-state index in [0.29, 0.717) is 10.7 Å². The summed E-state index contributed by atoms with van der Waals surface area (Å²) in [5.74, 6) is -0.776. The number of nitrogens with two attached hydrogens (primary N) is 1. The van der Waals surface area contributed by atoms with Gasteiger partial charge < -0.3 is 10.5 Å². The van der Waals surface area contributed by atoms with E-state index in [4.69, 9.17) is 22.1 Å². The first-order chi connectivity index (χ1) is 9.52. The zero-order valence-electron chi connectivity index (χ0n) is 10.9. The van der Waals surface area contributed by atoms with Gasteiger partial charge in [-0.05, 0) is 25.1 Å². The Morgan fingerprint density at radius 3 is 3.00 bits per heavy atom. The molecule has 1 aromatic rings. The highest BCUT2D eigenvalue weighted by atomic mass is 35.5. The number of hydrogen-bond donors (Lipinski definition) is 2. The lowest BCUT2D eigenvalue weighted by Gasteiger charge is -2.08. The molecule has 0 aliphatic carbocycles. The fraction of sp³-hybridized carbons (Fsp3) is 0.308. The van der Waals surface area contributed by atoms with Crippen LogP contribution in [-0.4, -0.2) is 30.1 Å².